The first-order valence-electron chi connectivity index (χ1n) is 6.39. The van der Waals surface area contributed by atoms with Gasteiger partial charge in [0.2, 0.25) is 5.95 Å². The molecule has 4 atom stereocenters. The molecule has 3 heterocycles. The van der Waals surface area contributed by atoms with Crippen molar-refractivity contribution in [2.45, 2.75) is 31.0 Å². The number of hydrogen-bond acceptors (Lipinski definition) is 7. The van der Waals surface area contributed by atoms with Crippen LogP contribution in [0.3, 0.4) is 0 Å². The molecule has 114 valence electrons. The van der Waals surface area contributed by atoms with Crippen molar-refractivity contribution in [3.05, 3.63) is 12.3 Å². The van der Waals surface area contributed by atoms with Gasteiger partial charge in [0.05, 0.1) is 12.0 Å². The molecule has 0 saturated carbocycles. The molecule has 2 aromatic rings. The zero-order valence-corrected chi connectivity index (χ0v) is 11.3. The van der Waals surface area contributed by atoms with E-state index in [1.165, 1.54) is 17.7 Å². The molecule has 1 aliphatic heterocycles. The van der Waals surface area contributed by atoms with Gasteiger partial charge in [-0.05, 0) is 13.0 Å². The van der Waals surface area contributed by atoms with Crippen LogP contribution in [0.1, 0.15) is 13.2 Å². The summed E-state index contributed by atoms with van der Waals surface area (Å²) in [7, 11) is 0. The average molecular weight is 297 g/mol. The highest BCUT2D eigenvalue weighted by atomic mass is 19.1. The lowest BCUT2D eigenvalue weighted by Gasteiger charge is -2.25. The van der Waals surface area contributed by atoms with Gasteiger partial charge in [0.25, 0.3) is 0 Å². The summed E-state index contributed by atoms with van der Waals surface area (Å²) >= 11 is 0. The van der Waals surface area contributed by atoms with Crippen molar-refractivity contribution < 1.29 is 19.3 Å². The van der Waals surface area contributed by atoms with Crippen molar-refractivity contribution >= 4 is 22.8 Å². The van der Waals surface area contributed by atoms with Crippen molar-refractivity contribution in [3.63, 3.8) is 0 Å². The fraction of sp³-hybridized carbons (Fsp3) is 0.500. The Morgan fingerprint density at radius 3 is 2.81 bits per heavy atom. The molecule has 0 bridgehead atoms. The highest BCUT2D eigenvalue weighted by Gasteiger charge is 2.55. The van der Waals surface area contributed by atoms with Crippen molar-refractivity contribution in [2.24, 2.45) is 0 Å². The minimum Gasteiger partial charge on any atom is -0.394 e. The average Bonchev–Trinajstić information content (AvgIpc) is 2.91. The number of ether oxygens (including phenoxy) is 1. The Kier molecular flexibility index (Phi) is 3.01. The predicted molar refractivity (Wildman–Crippen MR) is 72.9 cm³/mol. The fourth-order valence-corrected chi connectivity index (χ4v) is 2.63. The summed E-state index contributed by atoms with van der Waals surface area (Å²) < 4.78 is 21.6. The lowest BCUT2D eigenvalue weighted by molar-refractivity contribution is -0.0564. The molecular weight excluding hydrogens is 281 g/mol. The third-order valence-electron chi connectivity index (χ3n) is 3.77. The molecule has 2 aromatic heterocycles. The maximum absolute atomic E-state index is 14.8. The zero-order chi connectivity index (χ0) is 15.4. The summed E-state index contributed by atoms with van der Waals surface area (Å²) in [5.74, 6) is 0.131. The first kappa shape index (κ1) is 14.0. The number of rotatable bonds is 2. The highest BCUT2D eigenvalue weighted by Crippen LogP contribution is 2.42. The van der Waals surface area contributed by atoms with Gasteiger partial charge >= 0.3 is 0 Å². The Labute approximate surface area is 119 Å². The third-order valence-corrected chi connectivity index (χ3v) is 3.77. The quantitative estimate of drug-likeness (QED) is 0.591. The number of aromatic nitrogens is 3. The van der Waals surface area contributed by atoms with Gasteiger partial charge in [0.15, 0.2) is 11.9 Å². The van der Waals surface area contributed by atoms with E-state index in [4.69, 9.17) is 21.3 Å². The van der Waals surface area contributed by atoms with Gasteiger partial charge < -0.3 is 31.0 Å². The second-order valence-electron chi connectivity index (χ2n) is 5.23. The Balaban J connectivity index is 2.13. The van der Waals surface area contributed by atoms with Crippen LogP contribution in [0.2, 0.25) is 0 Å². The van der Waals surface area contributed by atoms with Crippen LogP contribution in [0.15, 0.2) is 12.3 Å². The van der Waals surface area contributed by atoms with E-state index in [9.17, 15) is 9.50 Å². The van der Waals surface area contributed by atoms with E-state index in [-0.39, 0.29) is 11.8 Å². The SMILES string of the molecule is C[C@@]1(F)[C@H](O)[C@@H](CO)O[C@@H]1n1ccc2c(N)nc(N)nc21. The first-order valence-corrected chi connectivity index (χ1v) is 6.39. The van der Waals surface area contributed by atoms with E-state index in [0.717, 1.165) is 0 Å². The molecule has 0 amide bonds. The van der Waals surface area contributed by atoms with Gasteiger partial charge in [-0.3, -0.25) is 0 Å². The number of anilines is 2. The van der Waals surface area contributed by atoms with Gasteiger partial charge in [-0.1, -0.05) is 0 Å². The number of nitrogens with zero attached hydrogens (tertiary/aromatic N) is 3. The molecule has 1 saturated heterocycles. The molecule has 0 unspecified atom stereocenters. The van der Waals surface area contributed by atoms with E-state index < -0.39 is 30.7 Å². The third kappa shape index (κ3) is 1.93. The number of aliphatic hydroxyl groups is 2. The van der Waals surface area contributed by atoms with E-state index in [0.29, 0.717) is 11.0 Å². The topological polar surface area (TPSA) is 132 Å². The normalized spacial score (nSPS) is 32.9. The van der Waals surface area contributed by atoms with Gasteiger partial charge in [-0.25, -0.2) is 4.39 Å². The molecule has 1 aliphatic rings. The number of aliphatic hydroxyl groups excluding tert-OH is 2. The lowest BCUT2D eigenvalue weighted by atomic mass is 9.98. The zero-order valence-electron chi connectivity index (χ0n) is 11.3. The minimum absolute atomic E-state index is 0.0437. The molecule has 0 aromatic carbocycles. The summed E-state index contributed by atoms with van der Waals surface area (Å²) in [5, 5.41) is 19.6. The molecule has 0 spiro atoms. The van der Waals surface area contributed by atoms with E-state index in [1.54, 1.807) is 6.07 Å². The maximum Gasteiger partial charge on any atom is 0.223 e. The van der Waals surface area contributed by atoms with Crippen LogP contribution in [0.25, 0.3) is 11.0 Å². The number of nitrogens with two attached hydrogens (primary N) is 2. The van der Waals surface area contributed by atoms with E-state index >= 15 is 0 Å². The summed E-state index contributed by atoms with van der Waals surface area (Å²) in [4.78, 5) is 7.87. The van der Waals surface area contributed by atoms with Crippen LogP contribution >= 0.6 is 0 Å². The molecule has 6 N–H and O–H groups in total. The molecular formula is C12H16FN5O3. The number of hydrogen-bond donors (Lipinski definition) is 4. The number of halogens is 1. The van der Waals surface area contributed by atoms with Gasteiger partial charge in [-0.15, -0.1) is 0 Å². The standard InChI is InChI=1S/C12H16FN5O3/c1-12(13)7(20)6(4-19)21-10(12)18-3-2-5-8(14)16-11(15)17-9(5)18/h2-3,6-7,10,19-20H,4H2,1H3,(H4,14,15,16,17)/t6-,7-,10+,12-/m1/s1. The highest BCUT2D eigenvalue weighted by molar-refractivity contribution is 5.87. The molecule has 9 heteroatoms. The second-order valence-corrected chi connectivity index (χ2v) is 5.23. The first-order chi connectivity index (χ1) is 9.86. The van der Waals surface area contributed by atoms with Crippen LogP contribution in [0, 0.1) is 0 Å². The predicted octanol–water partition coefficient (Wildman–Crippen LogP) is -0.425. The van der Waals surface area contributed by atoms with Crippen molar-refractivity contribution in [1.82, 2.24) is 14.5 Å². The monoisotopic (exact) mass is 297 g/mol. The fourth-order valence-electron chi connectivity index (χ4n) is 2.63. The Morgan fingerprint density at radius 1 is 1.48 bits per heavy atom. The van der Waals surface area contributed by atoms with E-state index in [1.807, 2.05) is 0 Å². The molecule has 1 fully saturated rings. The van der Waals surface area contributed by atoms with Crippen LogP contribution in [-0.2, 0) is 4.74 Å². The number of alkyl halides is 1. The summed E-state index contributed by atoms with van der Waals surface area (Å²) in [6.07, 6.45) is -2.10. The van der Waals surface area contributed by atoms with Gasteiger partial charge in [0, 0.05) is 6.20 Å². The van der Waals surface area contributed by atoms with Gasteiger partial charge in [0.1, 0.15) is 23.7 Å². The Morgan fingerprint density at radius 2 is 2.19 bits per heavy atom. The summed E-state index contributed by atoms with van der Waals surface area (Å²) in [6, 6.07) is 1.61. The molecule has 0 radical (unpaired) electrons. The van der Waals surface area contributed by atoms with Crippen LogP contribution in [0.5, 0.6) is 0 Å². The van der Waals surface area contributed by atoms with Gasteiger partial charge in [-0.2, -0.15) is 9.97 Å². The molecule has 3 rings (SSSR count). The van der Waals surface area contributed by atoms with Crippen LogP contribution in [-0.4, -0.2) is 49.2 Å². The molecule has 0 aliphatic carbocycles. The Hall–Kier alpha value is -1.97. The summed E-state index contributed by atoms with van der Waals surface area (Å²) in [5.41, 5.74) is 9.51. The molecule has 8 nitrogen and oxygen atoms in total. The van der Waals surface area contributed by atoms with E-state index in [2.05, 4.69) is 9.97 Å². The van der Waals surface area contributed by atoms with Crippen LogP contribution < -0.4 is 11.5 Å². The Bertz CT molecular complexity index is 689. The van der Waals surface area contributed by atoms with Crippen molar-refractivity contribution in [1.29, 1.82) is 0 Å². The second kappa shape index (κ2) is 4.52. The van der Waals surface area contributed by atoms with Crippen LogP contribution in [0.4, 0.5) is 16.2 Å². The maximum atomic E-state index is 14.8. The summed E-state index contributed by atoms with van der Waals surface area (Å²) in [6.45, 7) is 0.716. The molecule has 21 heavy (non-hydrogen) atoms. The van der Waals surface area contributed by atoms with Crippen molar-refractivity contribution in [2.75, 3.05) is 18.1 Å². The van der Waals surface area contributed by atoms with Crippen molar-refractivity contribution in [3.8, 4) is 0 Å². The number of fused-ring (bicyclic) bond motifs is 1. The largest absolute Gasteiger partial charge is 0.394 e. The minimum atomic E-state index is -2.10. The number of nitrogen functional groups attached to an aromatic ring is 2. The lowest BCUT2D eigenvalue weighted by Crippen LogP contribution is -2.40. The smallest absolute Gasteiger partial charge is 0.223 e.